The van der Waals surface area contributed by atoms with Gasteiger partial charge in [-0.1, -0.05) is 30.3 Å². The summed E-state index contributed by atoms with van der Waals surface area (Å²) in [6, 6.07) is 8.64. The third-order valence-corrected chi connectivity index (χ3v) is 3.83. The molecule has 1 atom stereocenters. The Kier molecular flexibility index (Phi) is 6.55. The van der Waals surface area contributed by atoms with Gasteiger partial charge in [-0.2, -0.15) is 26.3 Å². The molecule has 2 rings (SSSR count). The molecule has 0 aliphatic heterocycles. The first-order chi connectivity index (χ1) is 13.4. The van der Waals surface area contributed by atoms with Crippen molar-refractivity contribution in [1.82, 2.24) is 5.32 Å². The van der Waals surface area contributed by atoms with Crippen LogP contribution in [0.4, 0.5) is 26.3 Å². The van der Waals surface area contributed by atoms with Crippen molar-refractivity contribution in [3.05, 3.63) is 70.8 Å². The van der Waals surface area contributed by atoms with Crippen molar-refractivity contribution < 1.29 is 40.7 Å². The molecule has 0 aliphatic rings. The number of halogens is 6. The van der Waals surface area contributed by atoms with Crippen LogP contribution in [0.5, 0.6) is 0 Å². The summed E-state index contributed by atoms with van der Waals surface area (Å²) in [4.78, 5) is 23.8. The highest BCUT2D eigenvalue weighted by molar-refractivity contribution is 5.91. The molecule has 2 aromatic carbocycles. The van der Waals surface area contributed by atoms with E-state index in [1.54, 1.807) is 37.3 Å². The molecule has 29 heavy (non-hydrogen) atoms. The van der Waals surface area contributed by atoms with Crippen LogP contribution in [0, 0.1) is 0 Å². The molecule has 2 aromatic rings. The van der Waals surface area contributed by atoms with Gasteiger partial charge in [0, 0.05) is 0 Å². The minimum atomic E-state index is -5.10. The molecule has 0 fully saturated rings. The van der Waals surface area contributed by atoms with Crippen molar-refractivity contribution in [1.29, 1.82) is 0 Å². The first-order valence-corrected chi connectivity index (χ1v) is 8.19. The van der Waals surface area contributed by atoms with E-state index in [1.165, 1.54) is 0 Å². The van der Waals surface area contributed by atoms with Gasteiger partial charge in [0.15, 0.2) is 6.61 Å². The lowest BCUT2D eigenvalue weighted by Crippen LogP contribution is -2.31. The zero-order chi connectivity index (χ0) is 21.8. The predicted octanol–water partition coefficient (Wildman–Crippen LogP) is 4.76. The van der Waals surface area contributed by atoms with E-state index in [2.05, 4.69) is 10.1 Å². The number of ether oxygens (including phenoxy) is 1. The first-order valence-electron chi connectivity index (χ1n) is 8.19. The summed E-state index contributed by atoms with van der Waals surface area (Å²) < 4.78 is 81.6. The Labute approximate surface area is 161 Å². The number of carbonyl (C=O) groups excluding carboxylic acids is 2. The third kappa shape index (κ3) is 6.23. The van der Waals surface area contributed by atoms with Crippen LogP contribution in [-0.4, -0.2) is 18.5 Å². The highest BCUT2D eigenvalue weighted by Crippen LogP contribution is 2.36. The number of benzene rings is 2. The Morgan fingerprint density at radius 3 is 1.93 bits per heavy atom. The average molecular weight is 419 g/mol. The van der Waals surface area contributed by atoms with Crippen molar-refractivity contribution in [2.24, 2.45) is 0 Å². The van der Waals surface area contributed by atoms with Crippen molar-refractivity contribution in [3.63, 3.8) is 0 Å². The topological polar surface area (TPSA) is 55.4 Å². The highest BCUT2D eigenvalue weighted by Gasteiger charge is 2.37. The molecule has 0 aliphatic carbocycles. The van der Waals surface area contributed by atoms with E-state index in [-0.39, 0.29) is 18.2 Å². The van der Waals surface area contributed by atoms with Gasteiger partial charge >= 0.3 is 18.3 Å². The van der Waals surface area contributed by atoms with Crippen LogP contribution in [0.1, 0.15) is 40.0 Å². The smallest absolute Gasteiger partial charge is 0.416 e. The van der Waals surface area contributed by atoms with Crippen molar-refractivity contribution in [2.75, 3.05) is 6.61 Å². The van der Waals surface area contributed by atoms with E-state index >= 15 is 0 Å². The van der Waals surface area contributed by atoms with Crippen LogP contribution < -0.4 is 5.32 Å². The lowest BCUT2D eigenvalue weighted by molar-refractivity contribution is -0.143. The molecular weight excluding hydrogens is 404 g/mol. The minimum Gasteiger partial charge on any atom is -0.452 e. The van der Waals surface area contributed by atoms with Crippen molar-refractivity contribution >= 4 is 11.9 Å². The predicted molar refractivity (Wildman–Crippen MR) is 89.7 cm³/mol. The molecule has 156 valence electrons. The standard InChI is InChI=1S/C19H15F6NO3/c1-11(12-5-3-2-4-6-12)26-16(27)10-29-17(28)13-7-14(18(20,21)22)9-15(8-13)19(23,24)25/h2-9,11H,10H2,1H3,(H,26,27). The van der Waals surface area contributed by atoms with Crippen molar-refractivity contribution in [3.8, 4) is 0 Å². The molecule has 0 aromatic heterocycles. The fourth-order valence-corrected chi connectivity index (χ4v) is 2.40. The van der Waals surface area contributed by atoms with E-state index in [9.17, 15) is 35.9 Å². The maximum Gasteiger partial charge on any atom is 0.416 e. The van der Waals surface area contributed by atoms with Gasteiger partial charge in [-0.3, -0.25) is 4.79 Å². The van der Waals surface area contributed by atoms with E-state index < -0.39 is 53.6 Å². The fraction of sp³-hybridized carbons (Fsp3) is 0.263. The van der Waals surface area contributed by atoms with Crippen LogP contribution >= 0.6 is 0 Å². The molecule has 0 bridgehead atoms. The van der Waals surface area contributed by atoms with Crippen LogP contribution in [0.25, 0.3) is 0 Å². The molecule has 10 heteroatoms. The van der Waals surface area contributed by atoms with Crippen LogP contribution in [0.3, 0.4) is 0 Å². The van der Waals surface area contributed by atoms with E-state index in [1.807, 2.05) is 0 Å². The van der Waals surface area contributed by atoms with Crippen LogP contribution in [-0.2, 0) is 21.9 Å². The molecule has 4 nitrogen and oxygen atoms in total. The molecule has 0 spiro atoms. The molecular formula is C19H15F6NO3. The Balaban J connectivity index is 2.09. The third-order valence-electron chi connectivity index (χ3n) is 3.83. The van der Waals surface area contributed by atoms with Gasteiger partial charge in [-0.25, -0.2) is 4.79 Å². The van der Waals surface area contributed by atoms with Gasteiger partial charge in [-0.05, 0) is 30.7 Å². The lowest BCUT2D eigenvalue weighted by Gasteiger charge is -2.15. The van der Waals surface area contributed by atoms with Crippen molar-refractivity contribution in [2.45, 2.75) is 25.3 Å². The largest absolute Gasteiger partial charge is 0.452 e. The molecule has 0 saturated carbocycles. The quantitative estimate of drug-likeness (QED) is 0.562. The van der Waals surface area contributed by atoms with Gasteiger partial charge in [0.2, 0.25) is 0 Å². The molecule has 1 unspecified atom stereocenters. The monoisotopic (exact) mass is 419 g/mol. The Morgan fingerprint density at radius 1 is 0.931 bits per heavy atom. The summed E-state index contributed by atoms with van der Waals surface area (Å²) in [6.07, 6.45) is -10.2. The summed E-state index contributed by atoms with van der Waals surface area (Å²) in [7, 11) is 0. The number of hydrogen-bond acceptors (Lipinski definition) is 3. The zero-order valence-electron chi connectivity index (χ0n) is 14.9. The number of esters is 1. The maximum atomic E-state index is 12.8. The summed E-state index contributed by atoms with van der Waals surface area (Å²) in [5, 5.41) is 2.50. The van der Waals surface area contributed by atoms with Crippen LogP contribution in [0.15, 0.2) is 48.5 Å². The number of alkyl halides is 6. The van der Waals surface area contributed by atoms with Gasteiger partial charge in [0.05, 0.1) is 22.7 Å². The molecule has 0 heterocycles. The first kappa shape index (κ1) is 22.3. The Bertz CT molecular complexity index is 845. The van der Waals surface area contributed by atoms with Gasteiger partial charge in [0.25, 0.3) is 5.91 Å². The summed E-state index contributed by atoms with van der Waals surface area (Å²) >= 11 is 0. The second-order valence-corrected chi connectivity index (χ2v) is 6.07. The van der Waals surface area contributed by atoms with Gasteiger partial charge < -0.3 is 10.1 Å². The highest BCUT2D eigenvalue weighted by atomic mass is 19.4. The lowest BCUT2D eigenvalue weighted by atomic mass is 10.0. The normalized spacial score (nSPS) is 12.9. The summed E-state index contributed by atoms with van der Waals surface area (Å²) in [6.45, 7) is 0.783. The second-order valence-electron chi connectivity index (χ2n) is 6.07. The van der Waals surface area contributed by atoms with Gasteiger partial charge in [0.1, 0.15) is 0 Å². The van der Waals surface area contributed by atoms with E-state index in [0.29, 0.717) is 0 Å². The van der Waals surface area contributed by atoms with Crippen LogP contribution in [0.2, 0.25) is 0 Å². The zero-order valence-corrected chi connectivity index (χ0v) is 14.9. The number of amides is 1. The molecule has 1 N–H and O–H groups in total. The molecule has 0 radical (unpaired) electrons. The fourth-order valence-electron chi connectivity index (χ4n) is 2.40. The number of rotatable bonds is 5. The maximum absolute atomic E-state index is 12.8. The SMILES string of the molecule is CC(NC(=O)COC(=O)c1cc(C(F)(F)F)cc(C(F)(F)F)c1)c1ccccc1. The number of carbonyl (C=O) groups is 2. The van der Waals surface area contributed by atoms with E-state index in [0.717, 1.165) is 5.56 Å². The summed E-state index contributed by atoms with van der Waals surface area (Å²) in [5.41, 5.74) is -3.52. The number of nitrogens with one attached hydrogen (secondary N) is 1. The average Bonchev–Trinajstić information content (AvgIpc) is 2.65. The Morgan fingerprint density at radius 2 is 1.45 bits per heavy atom. The van der Waals surface area contributed by atoms with Gasteiger partial charge in [-0.15, -0.1) is 0 Å². The molecule has 0 saturated heterocycles. The second kappa shape index (κ2) is 8.54. The Hall–Kier alpha value is -3.04. The summed E-state index contributed by atoms with van der Waals surface area (Å²) in [5.74, 6) is -2.25. The molecule has 1 amide bonds. The van der Waals surface area contributed by atoms with E-state index in [4.69, 9.17) is 0 Å². The minimum absolute atomic E-state index is 0.106. The number of hydrogen-bond donors (Lipinski definition) is 1.